The Balaban J connectivity index is 1.10. The number of carbonyl (C=O) groups is 3. The van der Waals surface area contributed by atoms with Crippen LogP contribution >= 0.6 is 0 Å². The molecule has 1 saturated heterocycles. The molecule has 40 heavy (non-hydrogen) atoms. The molecule has 5 nitrogen and oxygen atoms in total. The minimum Gasteiger partial charge on any atom is -0.426 e. The Bertz CT molecular complexity index is 1420. The van der Waals surface area contributed by atoms with Crippen molar-refractivity contribution in [3.05, 3.63) is 100 Å². The molecule has 3 aromatic rings. The van der Waals surface area contributed by atoms with E-state index in [-0.39, 0.29) is 59.3 Å². The maximum absolute atomic E-state index is 14.1. The van der Waals surface area contributed by atoms with Crippen LogP contribution in [0, 0.1) is 24.7 Å². The monoisotopic (exact) mass is 533 g/mol. The van der Waals surface area contributed by atoms with Crippen molar-refractivity contribution in [3.8, 4) is 5.75 Å². The number of likely N-dealkylation sites (tertiary alicyclic amines) is 1. The number of imide groups is 1. The van der Waals surface area contributed by atoms with Gasteiger partial charge in [-0.3, -0.25) is 19.3 Å². The fourth-order valence-corrected chi connectivity index (χ4v) is 8.03. The van der Waals surface area contributed by atoms with Crippen LogP contribution in [0.2, 0.25) is 0 Å². The van der Waals surface area contributed by atoms with Crippen molar-refractivity contribution in [1.82, 2.24) is 4.90 Å². The van der Waals surface area contributed by atoms with Gasteiger partial charge in [-0.1, -0.05) is 74.5 Å². The predicted molar refractivity (Wildman–Crippen MR) is 152 cm³/mol. The highest BCUT2D eigenvalue weighted by Crippen LogP contribution is 2.61. The van der Waals surface area contributed by atoms with Gasteiger partial charge in [0.25, 0.3) is 0 Å². The van der Waals surface area contributed by atoms with Crippen LogP contribution in [0.3, 0.4) is 0 Å². The number of benzene rings is 3. The smallest absolute Gasteiger partial charge is 0.314 e. The van der Waals surface area contributed by atoms with Crippen LogP contribution in [0.4, 0.5) is 0 Å². The fourth-order valence-electron chi connectivity index (χ4n) is 8.03. The van der Waals surface area contributed by atoms with E-state index >= 15 is 0 Å². The third-order valence-electron chi connectivity index (χ3n) is 9.88. The van der Waals surface area contributed by atoms with E-state index in [1.165, 1.54) is 22.3 Å². The molecule has 0 spiro atoms. The Morgan fingerprint density at radius 3 is 1.75 bits per heavy atom. The normalized spacial score (nSPS) is 28.4. The zero-order valence-corrected chi connectivity index (χ0v) is 23.3. The summed E-state index contributed by atoms with van der Waals surface area (Å²) in [5, 5.41) is 0. The van der Waals surface area contributed by atoms with E-state index in [0.717, 1.165) is 11.1 Å². The molecule has 3 aromatic carbocycles. The van der Waals surface area contributed by atoms with Crippen molar-refractivity contribution < 1.29 is 19.1 Å². The first kappa shape index (κ1) is 25.3. The van der Waals surface area contributed by atoms with Gasteiger partial charge in [0.05, 0.1) is 17.8 Å². The first-order chi connectivity index (χ1) is 19.3. The van der Waals surface area contributed by atoms with Gasteiger partial charge in [0.2, 0.25) is 11.8 Å². The SMILES string of the molecule is Cc1ccc(C(C)C)c(OC(=O)C2CCC(N3C(=O)[C@@H]4C5c6ccccc6C(c6ccccc65)[C@@H]4C3=O)CC2)c1. The number of rotatable bonds is 4. The zero-order valence-electron chi connectivity index (χ0n) is 23.3. The van der Waals surface area contributed by atoms with Gasteiger partial charge < -0.3 is 4.74 Å². The molecule has 2 amide bonds. The van der Waals surface area contributed by atoms with Crippen molar-refractivity contribution in [1.29, 1.82) is 0 Å². The minimum atomic E-state index is -0.347. The minimum absolute atomic E-state index is 0.0265. The summed E-state index contributed by atoms with van der Waals surface area (Å²) in [6, 6.07) is 22.5. The van der Waals surface area contributed by atoms with Gasteiger partial charge >= 0.3 is 5.97 Å². The summed E-state index contributed by atoms with van der Waals surface area (Å²) in [4.78, 5) is 42.9. The lowest BCUT2D eigenvalue weighted by molar-refractivity contribution is -0.144. The van der Waals surface area contributed by atoms with Crippen LogP contribution in [-0.4, -0.2) is 28.7 Å². The molecule has 0 radical (unpaired) electrons. The summed E-state index contributed by atoms with van der Waals surface area (Å²) in [5.41, 5.74) is 6.86. The number of hydrogen-bond acceptors (Lipinski definition) is 4. The van der Waals surface area contributed by atoms with Crippen molar-refractivity contribution >= 4 is 17.8 Å². The highest BCUT2D eigenvalue weighted by molar-refractivity contribution is 6.08. The van der Waals surface area contributed by atoms with E-state index in [9.17, 15) is 14.4 Å². The Labute approximate surface area is 235 Å². The number of hydrogen-bond donors (Lipinski definition) is 0. The summed E-state index contributed by atoms with van der Waals surface area (Å²) >= 11 is 0. The average Bonchev–Trinajstić information content (AvgIpc) is 3.23. The summed E-state index contributed by atoms with van der Waals surface area (Å²) < 4.78 is 5.93. The Hall–Kier alpha value is -3.73. The van der Waals surface area contributed by atoms with Gasteiger partial charge in [0.15, 0.2) is 0 Å². The van der Waals surface area contributed by atoms with E-state index in [4.69, 9.17) is 4.74 Å². The van der Waals surface area contributed by atoms with Crippen LogP contribution in [0.25, 0.3) is 0 Å². The number of ether oxygens (including phenoxy) is 1. The van der Waals surface area contributed by atoms with E-state index < -0.39 is 0 Å². The zero-order chi connectivity index (χ0) is 27.7. The second kappa shape index (κ2) is 9.43. The van der Waals surface area contributed by atoms with E-state index in [1.54, 1.807) is 4.90 Å². The molecule has 1 aliphatic heterocycles. The maximum atomic E-state index is 14.1. The second-order valence-electron chi connectivity index (χ2n) is 12.4. The Morgan fingerprint density at radius 1 is 0.775 bits per heavy atom. The first-order valence-electron chi connectivity index (χ1n) is 14.7. The highest BCUT2D eigenvalue weighted by Gasteiger charge is 2.62. The van der Waals surface area contributed by atoms with Gasteiger partial charge in [0, 0.05) is 17.9 Å². The molecular weight excluding hydrogens is 498 g/mol. The number of amides is 2. The number of carbonyl (C=O) groups excluding carboxylic acids is 3. The van der Waals surface area contributed by atoms with Gasteiger partial charge in [-0.15, -0.1) is 0 Å². The molecule has 2 atom stereocenters. The quantitative estimate of drug-likeness (QED) is 0.219. The Kier molecular flexibility index (Phi) is 5.95. The Morgan fingerprint density at radius 2 is 1.27 bits per heavy atom. The van der Waals surface area contributed by atoms with E-state index in [1.807, 2.05) is 49.4 Å². The van der Waals surface area contributed by atoms with E-state index in [0.29, 0.717) is 31.4 Å². The largest absolute Gasteiger partial charge is 0.426 e. The average molecular weight is 534 g/mol. The molecule has 1 saturated carbocycles. The van der Waals surface area contributed by atoms with Gasteiger partial charge in [-0.05, 0) is 78.0 Å². The molecule has 4 aliphatic carbocycles. The van der Waals surface area contributed by atoms with Crippen LogP contribution in [-0.2, 0) is 14.4 Å². The summed E-state index contributed by atoms with van der Waals surface area (Å²) in [7, 11) is 0. The molecule has 5 heteroatoms. The second-order valence-corrected chi connectivity index (χ2v) is 12.4. The maximum Gasteiger partial charge on any atom is 0.314 e. The van der Waals surface area contributed by atoms with Crippen molar-refractivity contribution in [2.75, 3.05) is 0 Å². The molecule has 2 bridgehead atoms. The molecule has 0 unspecified atom stereocenters. The number of nitrogens with zero attached hydrogens (tertiary/aromatic N) is 1. The van der Waals surface area contributed by atoms with Crippen molar-refractivity contribution in [2.45, 2.75) is 70.3 Å². The van der Waals surface area contributed by atoms with Crippen LogP contribution in [0.1, 0.15) is 90.7 Å². The molecule has 0 aromatic heterocycles. The van der Waals surface area contributed by atoms with Crippen LogP contribution < -0.4 is 4.74 Å². The third kappa shape index (κ3) is 3.70. The molecule has 0 N–H and O–H groups in total. The standard InChI is InChI=1S/C35H35NO4/c1-19(2)23-17-12-20(3)18-28(23)40-35(39)21-13-15-22(16-14-21)36-33(37)31-29-24-8-4-5-9-25(24)30(32(31)34(36)38)27-11-7-6-10-26(27)29/h4-12,17-19,21-22,29-32H,13-16H2,1-3H3/t21?,22?,29?,30?,31-,32+. The molecule has 204 valence electrons. The van der Waals surface area contributed by atoms with Crippen LogP contribution in [0.15, 0.2) is 66.7 Å². The summed E-state index contributed by atoms with van der Waals surface area (Å²) in [6.45, 7) is 6.19. The lowest BCUT2D eigenvalue weighted by Crippen LogP contribution is -2.44. The van der Waals surface area contributed by atoms with Gasteiger partial charge in [-0.2, -0.15) is 0 Å². The topological polar surface area (TPSA) is 63.7 Å². The summed E-state index contributed by atoms with van der Waals surface area (Å²) in [6.07, 6.45) is 2.51. The summed E-state index contributed by atoms with van der Waals surface area (Å²) in [5.74, 6) is -0.448. The number of esters is 1. The van der Waals surface area contributed by atoms with Gasteiger partial charge in [-0.25, -0.2) is 0 Å². The van der Waals surface area contributed by atoms with E-state index in [2.05, 4.69) is 38.1 Å². The molecule has 8 rings (SSSR count). The fraction of sp³-hybridized carbons (Fsp3) is 0.400. The third-order valence-corrected chi connectivity index (χ3v) is 9.88. The lowest BCUT2D eigenvalue weighted by atomic mass is 9.55. The highest BCUT2D eigenvalue weighted by atomic mass is 16.5. The van der Waals surface area contributed by atoms with Crippen molar-refractivity contribution in [2.24, 2.45) is 17.8 Å². The lowest BCUT2D eigenvalue weighted by Gasteiger charge is -2.45. The van der Waals surface area contributed by atoms with Gasteiger partial charge in [0.1, 0.15) is 5.75 Å². The predicted octanol–water partition coefficient (Wildman–Crippen LogP) is 6.47. The molecule has 1 heterocycles. The molecule has 2 fully saturated rings. The number of aryl methyl sites for hydroxylation is 1. The molecule has 5 aliphatic rings. The van der Waals surface area contributed by atoms with Crippen molar-refractivity contribution in [3.63, 3.8) is 0 Å². The first-order valence-corrected chi connectivity index (χ1v) is 14.7. The molecular formula is C35H35NO4. The van der Waals surface area contributed by atoms with Crippen LogP contribution in [0.5, 0.6) is 5.75 Å².